The Labute approximate surface area is 106 Å². The third-order valence-corrected chi connectivity index (χ3v) is 3.24. The highest BCUT2D eigenvalue weighted by Crippen LogP contribution is 2.19. The van der Waals surface area contributed by atoms with Crippen LogP contribution in [0.25, 0.3) is 0 Å². The first-order valence-electron chi connectivity index (χ1n) is 6.18. The molecule has 0 saturated carbocycles. The van der Waals surface area contributed by atoms with Gasteiger partial charge in [0.15, 0.2) is 0 Å². The van der Waals surface area contributed by atoms with Crippen LogP contribution in [0.15, 0.2) is 24.3 Å². The van der Waals surface area contributed by atoms with Crippen molar-refractivity contribution in [1.82, 2.24) is 4.90 Å². The van der Waals surface area contributed by atoms with Crippen LogP contribution in [0.5, 0.6) is 0 Å². The maximum atomic E-state index is 12.0. The molecule has 2 rings (SSSR count). The zero-order valence-corrected chi connectivity index (χ0v) is 10.2. The molecule has 5 heteroatoms. The van der Waals surface area contributed by atoms with E-state index in [1.165, 1.54) is 6.07 Å². The van der Waals surface area contributed by atoms with E-state index in [1.54, 1.807) is 23.1 Å². The number of nitro benzene ring substituents is 1. The lowest BCUT2D eigenvalue weighted by atomic mass is 10.1. The van der Waals surface area contributed by atoms with Gasteiger partial charge in [-0.05, 0) is 19.3 Å². The van der Waals surface area contributed by atoms with E-state index in [0.29, 0.717) is 5.56 Å². The van der Waals surface area contributed by atoms with E-state index < -0.39 is 4.92 Å². The second-order valence-corrected chi connectivity index (χ2v) is 4.50. The Morgan fingerprint density at radius 2 is 1.89 bits per heavy atom. The van der Waals surface area contributed by atoms with Crippen LogP contribution >= 0.6 is 0 Å². The number of carbonyl (C=O) groups is 1. The molecule has 0 unspecified atom stereocenters. The number of piperidine rings is 1. The molecule has 5 nitrogen and oxygen atoms in total. The lowest BCUT2D eigenvalue weighted by molar-refractivity contribution is -0.385. The van der Waals surface area contributed by atoms with Gasteiger partial charge in [0.1, 0.15) is 0 Å². The van der Waals surface area contributed by atoms with Crippen LogP contribution in [0, 0.1) is 10.1 Å². The molecule has 1 heterocycles. The molecule has 1 aliphatic rings. The number of hydrogen-bond acceptors (Lipinski definition) is 3. The Kier molecular flexibility index (Phi) is 3.92. The third-order valence-electron chi connectivity index (χ3n) is 3.24. The van der Waals surface area contributed by atoms with E-state index in [1.807, 2.05) is 0 Å². The molecule has 0 spiro atoms. The lowest BCUT2D eigenvalue weighted by Crippen LogP contribution is -2.36. The second kappa shape index (κ2) is 5.62. The normalized spacial score (nSPS) is 15.4. The zero-order valence-electron chi connectivity index (χ0n) is 10.2. The molecule has 1 aromatic rings. The van der Waals surface area contributed by atoms with Gasteiger partial charge in [-0.25, -0.2) is 0 Å². The maximum absolute atomic E-state index is 12.0. The molecule has 1 amide bonds. The summed E-state index contributed by atoms with van der Waals surface area (Å²) >= 11 is 0. The third kappa shape index (κ3) is 2.85. The van der Waals surface area contributed by atoms with Crippen LogP contribution in [0.2, 0.25) is 0 Å². The summed E-state index contributed by atoms with van der Waals surface area (Å²) in [7, 11) is 0. The van der Waals surface area contributed by atoms with Crippen LogP contribution < -0.4 is 0 Å². The second-order valence-electron chi connectivity index (χ2n) is 4.50. The van der Waals surface area contributed by atoms with Crippen molar-refractivity contribution in [3.8, 4) is 0 Å². The van der Waals surface area contributed by atoms with Gasteiger partial charge in [0, 0.05) is 24.7 Å². The molecule has 1 aromatic carbocycles. The van der Waals surface area contributed by atoms with Crippen LogP contribution in [0.4, 0.5) is 5.69 Å². The molecule has 0 N–H and O–H groups in total. The Morgan fingerprint density at radius 3 is 2.56 bits per heavy atom. The van der Waals surface area contributed by atoms with Crippen molar-refractivity contribution in [3.63, 3.8) is 0 Å². The zero-order chi connectivity index (χ0) is 13.0. The van der Waals surface area contributed by atoms with Crippen molar-refractivity contribution in [2.24, 2.45) is 0 Å². The summed E-state index contributed by atoms with van der Waals surface area (Å²) in [6.07, 6.45) is 3.34. The van der Waals surface area contributed by atoms with Crippen LogP contribution in [-0.2, 0) is 11.2 Å². The maximum Gasteiger partial charge on any atom is 0.273 e. The van der Waals surface area contributed by atoms with Crippen LogP contribution in [0.1, 0.15) is 24.8 Å². The smallest absolute Gasteiger partial charge is 0.273 e. The molecular formula is C13H16N2O3. The number of amides is 1. The first-order chi connectivity index (χ1) is 8.68. The predicted molar refractivity (Wildman–Crippen MR) is 67.2 cm³/mol. The van der Waals surface area contributed by atoms with Gasteiger partial charge >= 0.3 is 0 Å². The summed E-state index contributed by atoms with van der Waals surface area (Å²) in [5.41, 5.74) is 0.529. The van der Waals surface area contributed by atoms with E-state index in [9.17, 15) is 14.9 Å². The van der Waals surface area contributed by atoms with Crippen LogP contribution in [0.3, 0.4) is 0 Å². The average molecular weight is 248 g/mol. The fraction of sp³-hybridized carbons (Fsp3) is 0.462. The molecule has 0 bridgehead atoms. The summed E-state index contributed by atoms with van der Waals surface area (Å²) < 4.78 is 0. The summed E-state index contributed by atoms with van der Waals surface area (Å²) in [5.74, 6) is -0.0102. The van der Waals surface area contributed by atoms with Crippen molar-refractivity contribution in [3.05, 3.63) is 39.9 Å². The van der Waals surface area contributed by atoms with Gasteiger partial charge in [-0.3, -0.25) is 14.9 Å². The number of nitrogens with zero attached hydrogens (tertiary/aromatic N) is 2. The highest BCUT2D eigenvalue weighted by molar-refractivity contribution is 5.80. The Balaban J connectivity index is 2.08. The first kappa shape index (κ1) is 12.5. The lowest BCUT2D eigenvalue weighted by Gasteiger charge is -2.26. The standard InChI is InChI=1S/C13H16N2O3/c16-13(14-8-4-1-5-9-14)10-11-6-2-3-7-12(11)15(17)18/h2-3,6-7H,1,4-5,8-10H2. The van der Waals surface area contributed by atoms with E-state index >= 15 is 0 Å². The Morgan fingerprint density at radius 1 is 1.22 bits per heavy atom. The molecule has 18 heavy (non-hydrogen) atoms. The predicted octanol–water partition coefficient (Wildman–Crippen LogP) is 2.15. The number of para-hydroxylation sites is 1. The molecule has 1 aliphatic heterocycles. The highest BCUT2D eigenvalue weighted by atomic mass is 16.6. The van der Waals surface area contributed by atoms with E-state index in [0.717, 1.165) is 32.4 Å². The Bertz CT molecular complexity index is 453. The summed E-state index contributed by atoms with van der Waals surface area (Å²) in [6, 6.07) is 6.44. The van der Waals surface area contributed by atoms with Gasteiger partial charge in [0.25, 0.3) is 5.69 Å². The minimum absolute atomic E-state index is 0.0102. The highest BCUT2D eigenvalue weighted by Gasteiger charge is 2.20. The number of rotatable bonds is 3. The average Bonchev–Trinajstić information content (AvgIpc) is 2.40. The summed E-state index contributed by atoms with van der Waals surface area (Å²) in [6.45, 7) is 1.55. The van der Waals surface area contributed by atoms with Gasteiger partial charge in [0.05, 0.1) is 11.3 Å². The van der Waals surface area contributed by atoms with Crippen molar-refractivity contribution in [1.29, 1.82) is 0 Å². The largest absolute Gasteiger partial charge is 0.342 e. The number of likely N-dealkylation sites (tertiary alicyclic amines) is 1. The van der Waals surface area contributed by atoms with Crippen molar-refractivity contribution < 1.29 is 9.72 Å². The van der Waals surface area contributed by atoms with Gasteiger partial charge in [-0.1, -0.05) is 18.2 Å². The molecular weight excluding hydrogens is 232 g/mol. The summed E-state index contributed by atoms with van der Waals surface area (Å²) in [5, 5.41) is 10.9. The van der Waals surface area contributed by atoms with Gasteiger partial charge in [-0.2, -0.15) is 0 Å². The van der Waals surface area contributed by atoms with Gasteiger partial charge in [0.2, 0.25) is 5.91 Å². The number of hydrogen-bond donors (Lipinski definition) is 0. The fourth-order valence-corrected chi connectivity index (χ4v) is 2.26. The molecule has 96 valence electrons. The number of carbonyl (C=O) groups excluding carboxylic acids is 1. The van der Waals surface area contributed by atoms with Crippen LogP contribution in [-0.4, -0.2) is 28.8 Å². The first-order valence-corrected chi connectivity index (χ1v) is 6.18. The molecule has 0 aliphatic carbocycles. The van der Waals surface area contributed by atoms with Crippen molar-refractivity contribution in [2.45, 2.75) is 25.7 Å². The molecule has 0 radical (unpaired) electrons. The molecule has 0 atom stereocenters. The van der Waals surface area contributed by atoms with Gasteiger partial charge < -0.3 is 4.90 Å². The van der Waals surface area contributed by atoms with Crippen molar-refractivity contribution in [2.75, 3.05) is 13.1 Å². The minimum atomic E-state index is -0.432. The minimum Gasteiger partial charge on any atom is -0.342 e. The quantitative estimate of drug-likeness (QED) is 0.608. The van der Waals surface area contributed by atoms with Gasteiger partial charge in [-0.15, -0.1) is 0 Å². The number of nitro groups is 1. The molecule has 0 aromatic heterocycles. The van der Waals surface area contributed by atoms with E-state index in [-0.39, 0.29) is 18.0 Å². The van der Waals surface area contributed by atoms with Crippen molar-refractivity contribution >= 4 is 11.6 Å². The fourth-order valence-electron chi connectivity index (χ4n) is 2.26. The SMILES string of the molecule is O=C(Cc1ccccc1[N+](=O)[O-])N1CCCCC1. The summed E-state index contributed by atoms with van der Waals surface area (Å²) in [4.78, 5) is 24.3. The molecule has 1 fully saturated rings. The number of benzene rings is 1. The monoisotopic (exact) mass is 248 g/mol. The van der Waals surface area contributed by atoms with E-state index in [4.69, 9.17) is 0 Å². The topological polar surface area (TPSA) is 63.4 Å². The Hall–Kier alpha value is -1.91. The molecule has 1 saturated heterocycles. The van der Waals surface area contributed by atoms with E-state index in [2.05, 4.69) is 0 Å².